The molecule has 8 heteroatoms. The summed E-state index contributed by atoms with van der Waals surface area (Å²) in [5.41, 5.74) is -3.16. The van der Waals surface area contributed by atoms with Crippen LogP contribution in [0.2, 0.25) is 0 Å². The lowest BCUT2D eigenvalue weighted by atomic mass is 9.93. The fourth-order valence-electron chi connectivity index (χ4n) is 2.43. The molecular formula is C20H23F3N2O3. The van der Waals surface area contributed by atoms with Gasteiger partial charge in [0.05, 0.1) is 13.2 Å². The minimum absolute atomic E-state index is 0.351. The molecule has 0 saturated heterocycles. The highest BCUT2D eigenvalue weighted by molar-refractivity contribution is 5.89. The van der Waals surface area contributed by atoms with Gasteiger partial charge in [0.1, 0.15) is 5.75 Å². The first kappa shape index (κ1) is 21.6. The van der Waals surface area contributed by atoms with Crippen molar-refractivity contribution in [2.75, 3.05) is 18.5 Å². The lowest BCUT2D eigenvalue weighted by Gasteiger charge is -2.31. The molecule has 5 nitrogen and oxygen atoms in total. The van der Waals surface area contributed by atoms with Gasteiger partial charge in [-0.25, -0.2) is 4.79 Å². The van der Waals surface area contributed by atoms with E-state index in [1.165, 1.54) is 18.2 Å². The Hall–Kier alpha value is -2.74. The van der Waals surface area contributed by atoms with Gasteiger partial charge in [-0.2, -0.15) is 13.2 Å². The largest absolute Gasteiger partial charge is 0.494 e. The lowest BCUT2D eigenvalue weighted by Crippen LogP contribution is -2.51. The van der Waals surface area contributed by atoms with Crippen molar-refractivity contribution in [1.29, 1.82) is 0 Å². The van der Waals surface area contributed by atoms with E-state index in [9.17, 15) is 23.1 Å². The molecule has 0 aliphatic rings. The minimum atomic E-state index is -4.96. The van der Waals surface area contributed by atoms with Crippen LogP contribution in [0, 0.1) is 0 Å². The van der Waals surface area contributed by atoms with E-state index in [-0.39, 0.29) is 5.56 Å². The number of anilines is 1. The van der Waals surface area contributed by atoms with E-state index >= 15 is 0 Å². The normalized spacial score (nSPS) is 13.5. The first-order valence-electron chi connectivity index (χ1n) is 8.88. The van der Waals surface area contributed by atoms with Crippen molar-refractivity contribution >= 4 is 11.7 Å². The van der Waals surface area contributed by atoms with Crippen LogP contribution in [0.3, 0.4) is 0 Å². The molecule has 0 radical (unpaired) electrons. The van der Waals surface area contributed by atoms with Crippen LogP contribution < -0.4 is 15.4 Å². The summed E-state index contributed by atoms with van der Waals surface area (Å²) in [6, 6.07) is 12.2. The summed E-state index contributed by atoms with van der Waals surface area (Å²) in [6.45, 7) is 1.61. The van der Waals surface area contributed by atoms with Gasteiger partial charge >= 0.3 is 12.2 Å². The Morgan fingerprint density at radius 1 is 1.07 bits per heavy atom. The molecule has 0 aromatic heterocycles. The summed E-state index contributed by atoms with van der Waals surface area (Å²) >= 11 is 0. The Kier molecular flexibility index (Phi) is 7.28. The SMILES string of the molecule is CCCCOc1ccc(NC(=O)NCC(O)(c2ccccc2)C(F)(F)F)cc1. The fourth-order valence-corrected chi connectivity index (χ4v) is 2.43. The van der Waals surface area contributed by atoms with E-state index in [2.05, 4.69) is 10.6 Å². The second-order valence-electron chi connectivity index (χ2n) is 6.26. The molecule has 0 heterocycles. The second kappa shape index (κ2) is 9.45. The molecule has 2 aromatic rings. The van der Waals surface area contributed by atoms with Crippen molar-refractivity contribution in [2.45, 2.75) is 31.5 Å². The van der Waals surface area contributed by atoms with Crippen molar-refractivity contribution in [1.82, 2.24) is 5.32 Å². The van der Waals surface area contributed by atoms with Crippen LogP contribution in [0.4, 0.5) is 23.7 Å². The molecule has 2 amide bonds. The van der Waals surface area contributed by atoms with Gasteiger partial charge in [-0.1, -0.05) is 43.7 Å². The van der Waals surface area contributed by atoms with Crippen molar-refractivity contribution < 1.29 is 27.8 Å². The maximum Gasteiger partial charge on any atom is 0.423 e. The molecule has 1 unspecified atom stereocenters. The van der Waals surface area contributed by atoms with Gasteiger partial charge in [-0.3, -0.25) is 0 Å². The number of rotatable bonds is 8. The zero-order valence-corrected chi connectivity index (χ0v) is 15.4. The quantitative estimate of drug-likeness (QED) is 0.578. The number of aliphatic hydroxyl groups is 1. The topological polar surface area (TPSA) is 70.6 Å². The van der Waals surface area contributed by atoms with Crippen molar-refractivity contribution in [3.63, 3.8) is 0 Å². The van der Waals surface area contributed by atoms with Crippen molar-refractivity contribution in [2.24, 2.45) is 0 Å². The molecular weight excluding hydrogens is 373 g/mol. The lowest BCUT2D eigenvalue weighted by molar-refractivity contribution is -0.263. The Morgan fingerprint density at radius 3 is 2.29 bits per heavy atom. The number of halogens is 3. The number of amides is 2. The van der Waals surface area contributed by atoms with E-state index in [0.717, 1.165) is 25.0 Å². The third kappa shape index (κ3) is 5.63. The van der Waals surface area contributed by atoms with Gasteiger partial charge < -0.3 is 20.5 Å². The highest BCUT2D eigenvalue weighted by atomic mass is 19.4. The number of hydrogen-bond donors (Lipinski definition) is 3. The molecule has 2 rings (SSSR count). The summed E-state index contributed by atoms with van der Waals surface area (Å²) in [4.78, 5) is 12.0. The van der Waals surface area contributed by atoms with Gasteiger partial charge in [-0.15, -0.1) is 0 Å². The number of benzene rings is 2. The van der Waals surface area contributed by atoms with Crippen molar-refractivity contribution in [3.05, 3.63) is 60.2 Å². The molecule has 0 aliphatic heterocycles. The molecule has 3 N–H and O–H groups in total. The van der Waals surface area contributed by atoms with Gasteiger partial charge in [0.2, 0.25) is 5.60 Å². The highest BCUT2D eigenvalue weighted by Crippen LogP contribution is 2.38. The predicted octanol–water partition coefficient (Wildman–Crippen LogP) is 4.44. The predicted molar refractivity (Wildman–Crippen MR) is 100 cm³/mol. The average Bonchev–Trinajstić information content (AvgIpc) is 2.67. The Morgan fingerprint density at radius 2 is 1.71 bits per heavy atom. The molecule has 2 aromatic carbocycles. The molecule has 0 aliphatic carbocycles. The number of nitrogens with one attached hydrogen (secondary N) is 2. The van der Waals surface area contributed by atoms with Crippen LogP contribution in [-0.2, 0) is 5.60 Å². The fraction of sp³-hybridized carbons (Fsp3) is 0.350. The van der Waals surface area contributed by atoms with Gasteiger partial charge in [0.15, 0.2) is 0 Å². The molecule has 0 bridgehead atoms. The van der Waals surface area contributed by atoms with E-state index in [0.29, 0.717) is 18.0 Å². The van der Waals surface area contributed by atoms with Crippen LogP contribution in [0.15, 0.2) is 54.6 Å². The van der Waals surface area contributed by atoms with Crippen LogP contribution in [0.25, 0.3) is 0 Å². The summed E-state index contributed by atoms with van der Waals surface area (Å²) in [7, 11) is 0. The smallest absolute Gasteiger partial charge is 0.423 e. The number of hydrogen-bond acceptors (Lipinski definition) is 3. The number of carbonyl (C=O) groups is 1. The van der Waals surface area contributed by atoms with E-state index in [4.69, 9.17) is 4.74 Å². The molecule has 0 spiro atoms. The first-order valence-corrected chi connectivity index (χ1v) is 8.88. The van der Waals surface area contributed by atoms with E-state index < -0.39 is 24.4 Å². The third-order valence-corrected chi connectivity index (χ3v) is 4.10. The van der Waals surface area contributed by atoms with Gasteiger partial charge in [0, 0.05) is 5.69 Å². The number of alkyl halides is 3. The monoisotopic (exact) mass is 396 g/mol. The molecule has 0 saturated carbocycles. The first-order chi connectivity index (χ1) is 13.3. The Bertz CT molecular complexity index is 752. The average molecular weight is 396 g/mol. The molecule has 0 fully saturated rings. The summed E-state index contributed by atoms with van der Waals surface area (Å²) in [5.74, 6) is 0.634. The number of urea groups is 1. The van der Waals surface area contributed by atoms with E-state index in [1.54, 1.807) is 24.3 Å². The summed E-state index contributed by atoms with van der Waals surface area (Å²) in [6.07, 6.45) is -3.03. The Labute approximate surface area is 161 Å². The second-order valence-corrected chi connectivity index (χ2v) is 6.26. The number of unbranched alkanes of at least 4 members (excludes halogenated alkanes) is 1. The third-order valence-electron chi connectivity index (χ3n) is 4.10. The van der Waals surface area contributed by atoms with Crippen LogP contribution >= 0.6 is 0 Å². The van der Waals surface area contributed by atoms with Gasteiger partial charge in [-0.05, 0) is 36.2 Å². The highest BCUT2D eigenvalue weighted by Gasteiger charge is 2.55. The van der Waals surface area contributed by atoms with Crippen molar-refractivity contribution in [3.8, 4) is 5.75 Å². The van der Waals surface area contributed by atoms with Gasteiger partial charge in [0.25, 0.3) is 0 Å². The summed E-state index contributed by atoms with van der Waals surface area (Å²) in [5, 5.41) is 14.7. The summed E-state index contributed by atoms with van der Waals surface area (Å²) < 4.78 is 45.7. The molecule has 1 atom stereocenters. The zero-order chi connectivity index (χ0) is 20.6. The van der Waals surface area contributed by atoms with E-state index in [1.807, 2.05) is 6.92 Å². The molecule has 28 heavy (non-hydrogen) atoms. The van der Waals surface area contributed by atoms with Crippen LogP contribution in [0.5, 0.6) is 5.75 Å². The maximum absolute atomic E-state index is 13.4. The number of ether oxygens (including phenoxy) is 1. The minimum Gasteiger partial charge on any atom is -0.494 e. The number of carbonyl (C=O) groups excluding carboxylic acids is 1. The van der Waals surface area contributed by atoms with Crippen LogP contribution in [-0.4, -0.2) is 30.5 Å². The maximum atomic E-state index is 13.4. The molecule has 152 valence electrons. The Balaban J connectivity index is 1.96. The standard InChI is InChI=1S/C20H23F3N2O3/c1-2-3-13-28-17-11-9-16(10-12-17)25-18(26)24-14-19(27,20(21,22)23)15-7-5-4-6-8-15/h4-12,27H,2-3,13-14H2,1H3,(H2,24,25,26). The zero-order valence-electron chi connectivity index (χ0n) is 15.4. The van der Waals surface area contributed by atoms with Crippen LogP contribution in [0.1, 0.15) is 25.3 Å².